The van der Waals surface area contributed by atoms with Crippen LogP contribution in [0.2, 0.25) is 0 Å². The van der Waals surface area contributed by atoms with Crippen molar-refractivity contribution in [3.8, 4) is 11.5 Å². The monoisotopic (exact) mass is 572 g/mol. The Morgan fingerprint density at radius 1 is 1.25 bits per heavy atom. The molecule has 0 bridgehead atoms. The number of methoxy groups -OCH3 is 1. The van der Waals surface area contributed by atoms with Crippen molar-refractivity contribution in [2.75, 3.05) is 24.8 Å². The van der Waals surface area contributed by atoms with Crippen LogP contribution in [-0.4, -0.2) is 40.1 Å². The normalized spacial score (nSPS) is 10.9. The number of anilines is 1. The second kappa shape index (κ2) is 13.5. The van der Waals surface area contributed by atoms with Crippen molar-refractivity contribution in [1.29, 1.82) is 0 Å². The average Bonchev–Trinajstić information content (AvgIpc) is 3.23. The zero-order valence-corrected chi connectivity index (χ0v) is 23.6. The highest BCUT2D eigenvalue weighted by molar-refractivity contribution is 9.10. The molecule has 0 spiro atoms. The molecule has 0 saturated carbocycles. The quantitative estimate of drug-likeness (QED) is 0.145. The van der Waals surface area contributed by atoms with E-state index in [0.29, 0.717) is 42.1 Å². The summed E-state index contributed by atoms with van der Waals surface area (Å²) in [5, 5.41) is 12.3. The summed E-state index contributed by atoms with van der Waals surface area (Å²) in [6.07, 6.45) is 3.31. The first-order valence-electron chi connectivity index (χ1n) is 11.9. The molecule has 192 valence electrons. The fraction of sp³-hybridized carbons (Fsp3) is 0.370. The molecular formula is C27H33BrN4O3S. The Hall–Kier alpha value is -2.78. The number of carbonyl (C=O) groups excluding carboxylic acids is 1. The summed E-state index contributed by atoms with van der Waals surface area (Å²) in [7, 11) is 1.58. The van der Waals surface area contributed by atoms with E-state index < -0.39 is 0 Å². The van der Waals surface area contributed by atoms with E-state index in [1.807, 2.05) is 16.7 Å². The second-order valence-electron chi connectivity index (χ2n) is 8.58. The molecule has 3 rings (SSSR count). The van der Waals surface area contributed by atoms with Crippen molar-refractivity contribution < 1.29 is 14.3 Å². The SMILES string of the molecule is C=CCn1c(CCCOc2cc(C(C)C)c(Br)cc2C)nnc1SCC(=O)Nc1ccccc1OC. The number of carbonyl (C=O) groups is 1. The minimum absolute atomic E-state index is 0.141. The maximum Gasteiger partial charge on any atom is 0.234 e. The predicted molar refractivity (Wildman–Crippen MR) is 149 cm³/mol. The number of aromatic nitrogens is 3. The number of benzene rings is 2. The number of amides is 1. The van der Waals surface area contributed by atoms with Crippen molar-refractivity contribution in [3.63, 3.8) is 0 Å². The topological polar surface area (TPSA) is 78.3 Å². The first-order chi connectivity index (χ1) is 17.3. The number of thioether (sulfide) groups is 1. The van der Waals surface area contributed by atoms with E-state index >= 15 is 0 Å². The van der Waals surface area contributed by atoms with Crippen LogP contribution in [-0.2, 0) is 17.8 Å². The Kier molecular flexibility index (Phi) is 10.4. The van der Waals surface area contributed by atoms with E-state index in [2.05, 4.69) is 70.9 Å². The fourth-order valence-electron chi connectivity index (χ4n) is 3.67. The van der Waals surface area contributed by atoms with Gasteiger partial charge >= 0.3 is 0 Å². The van der Waals surface area contributed by atoms with E-state index in [4.69, 9.17) is 9.47 Å². The molecule has 9 heteroatoms. The largest absolute Gasteiger partial charge is 0.495 e. The van der Waals surface area contributed by atoms with Crippen LogP contribution in [0.3, 0.4) is 0 Å². The Labute approximate surface area is 225 Å². The third-order valence-electron chi connectivity index (χ3n) is 5.54. The molecule has 0 unspecified atom stereocenters. The first-order valence-corrected chi connectivity index (χ1v) is 13.6. The molecule has 2 aromatic carbocycles. The molecule has 7 nitrogen and oxygen atoms in total. The lowest BCUT2D eigenvalue weighted by Crippen LogP contribution is -2.15. The Morgan fingerprint density at radius 3 is 2.75 bits per heavy atom. The maximum atomic E-state index is 12.5. The highest BCUT2D eigenvalue weighted by Gasteiger charge is 2.15. The summed E-state index contributed by atoms with van der Waals surface area (Å²) in [4.78, 5) is 12.5. The number of hydrogen-bond acceptors (Lipinski definition) is 6. The first kappa shape index (κ1) is 27.8. The molecule has 0 saturated heterocycles. The Balaban J connectivity index is 1.56. The summed E-state index contributed by atoms with van der Waals surface area (Å²) in [6.45, 7) is 11.4. The molecule has 0 atom stereocenters. The van der Waals surface area contributed by atoms with Gasteiger partial charge in [-0.25, -0.2) is 0 Å². The molecule has 3 aromatic rings. The van der Waals surface area contributed by atoms with Crippen LogP contribution in [0.4, 0.5) is 5.69 Å². The minimum Gasteiger partial charge on any atom is -0.495 e. The van der Waals surface area contributed by atoms with Crippen molar-refractivity contribution >= 4 is 39.3 Å². The number of rotatable bonds is 13. The number of allylic oxidation sites excluding steroid dienone is 1. The van der Waals surface area contributed by atoms with Crippen molar-refractivity contribution in [2.24, 2.45) is 0 Å². The third-order valence-corrected chi connectivity index (χ3v) is 7.19. The van der Waals surface area contributed by atoms with Gasteiger partial charge in [0.1, 0.15) is 17.3 Å². The van der Waals surface area contributed by atoms with Gasteiger partial charge in [0.2, 0.25) is 5.91 Å². The fourth-order valence-corrected chi connectivity index (χ4v) is 5.35. The number of halogens is 1. The van der Waals surface area contributed by atoms with Gasteiger partial charge in [0.25, 0.3) is 0 Å². The smallest absolute Gasteiger partial charge is 0.234 e. The molecule has 1 heterocycles. The van der Waals surface area contributed by atoms with Gasteiger partial charge in [-0.15, -0.1) is 16.8 Å². The van der Waals surface area contributed by atoms with Crippen LogP contribution < -0.4 is 14.8 Å². The van der Waals surface area contributed by atoms with Crippen LogP contribution in [0, 0.1) is 6.92 Å². The molecule has 1 N–H and O–H groups in total. The maximum absolute atomic E-state index is 12.5. The molecule has 36 heavy (non-hydrogen) atoms. The molecule has 0 aliphatic rings. The van der Waals surface area contributed by atoms with Gasteiger partial charge in [-0.3, -0.25) is 4.79 Å². The summed E-state index contributed by atoms with van der Waals surface area (Å²) >= 11 is 4.99. The molecule has 1 aromatic heterocycles. The van der Waals surface area contributed by atoms with Gasteiger partial charge in [-0.05, 0) is 54.7 Å². The van der Waals surface area contributed by atoms with Gasteiger partial charge in [0.15, 0.2) is 5.16 Å². The van der Waals surface area contributed by atoms with E-state index in [1.165, 1.54) is 17.3 Å². The van der Waals surface area contributed by atoms with Gasteiger partial charge < -0.3 is 19.4 Å². The highest BCUT2D eigenvalue weighted by Crippen LogP contribution is 2.32. The van der Waals surface area contributed by atoms with Gasteiger partial charge in [0.05, 0.1) is 25.2 Å². The number of nitrogens with one attached hydrogen (secondary N) is 1. The second-order valence-corrected chi connectivity index (χ2v) is 10.4. The minimum atomic E-state index is -0.141. The van der Waals surface area contributed by atoms with Crippen molar-refractivity contribution in [3.05, 3.63) is 70.5 Å². The number of para-hydroxylation sites is 2. The zero-order valence-electron chi connectivity index (χ0n) is 21.2. The number of nitrogens with zero attached hydrogens (tertiary/aromatic N) is 3. The zero-order chi connectivity index (χ0) is 26.1. The lowest BCUT2D eigenvalue weighted by Gasteiger charge is -2.15. The number of hydrogen-bond donors (Lipinski definition) is 1. The van der Waals surface area contributed by atoms with E-state index in [-0.39, 0.29) is 11.7 Å². The van der Waals surface area contributed by atoms with Crippen LogP contribution in [0.15, 0.2) is 58.7 Å². The van der Waals surface area contributed by atoms with Crippen molar-refractivity contribution in [2.45, 2.75) is 51.2 Å². The van der Waals surface area contributed by atoms with Gasteiger partial charge in [-0.2, -0.15) is 0 Å². The summed E-state index contributed by atoms with van der Waals surface area (Å²) in [6, 6.07) is 11.6. The molecular weight excluding hydrogens is 540 g/mol. The van der Waals surface area contributed by atoms with E-state index in [1.54, 1.807) is 25.3 Å². The summed E-state index contributed by atoms with van der Waals surface area (Å²) < 4.78 is 14.5. The van der Waals surface area contributed by atoms with E-state index in [0.717, 1.165) is 28.0 Å². The highest BCUT2D eigenvalue weighted by atomic mass is 79.9. The molecule has 0 aliphatic heterocycles. The van der Waals surface area contributed by atoms with E-state index in [9.17, 15) is 4.79 Å². The van der Waals surface area contributed by atoms with Crippen molar-refractivity contribution in [1.82, 2.24) is 14.8 Å². The standard InChI is InChI=1S/C27H33BrN4O3S/c1-6-13-32-25(12-9-14-35-24-16-20(18(2)3)21(28)15-19(24)4)30-31-27(32)36-17-26(33)29-22-10-7-8-11-23(22)34-5/h6-8,10-11,15-16,18H,1,9,12-14,17H2,2-5H3,(H,29,33). The van der Waals surface area contributed by atoms with Gasteiger partial charge in [-0.1, -0.05) is 59.7 Å². The lowest BCUT2D eigenvalue weighted by atomic mass is 10.0. The van der Waals surface area contributed by atoms with Crippen LogP contribution in [0.25, 0.3) is 0 Å². The predicted octanol–water partition coefficient (Wildman–Crippen LogP) is 6.41. The summed E-state index contributed by atoms with van der Waals surface area (Å²) in [5.74, 6) is 2.85. The molecule has 0 aliphatic carbocycles. The third kappa shape index (κ3) is 7.36. The van der Waals surface area contributed by atoms with Crippen LogP contribution >= 0.6 is 27.7 Å². The van der Waals surface area contributed by atoms with Crippen LogP contribution in [0.1, 0.15) is 43.1 Å². The number of aryl methyl sites for hydroxylation is 2. The number of ether oxygens (including phenoxy) is 2. The Bertz CT molecular complexity index is 1200. The summed E-state index contributed by atoms with van der Waals surface area (Å²) in [5.41, 5.74) is 2.98. The molecule has 0 radical (unpaired) electrons. The molecule has 0 fully saturated rings. The average molecular weight is 574 g/mol. The lowest BCUT2D eigenvalue weighted by molar-refractivity contribution is -0.113. The van der Waals surface area contributed by atoms with Crippen LogP contribution in [0.5, 0.6) is 11.5 Å². The molecule has 1 amide bonds. The Morgan fingerprint density at radius 2 is 2.03 bits per heavy atom. The van der Waals surface area contributed by atoms with Gasteiger partial charge in [0, 0.05) is 17.4 Å².